The zero-order valence-corrected chi connectivity index (χ0v) is 10.8. The predicted octanol–water partition coefficient (Wildman–Crippen LogP) is 4.41. The fraction of sp³-hybridized carbons (Fsp3) is 0.200. The quantitative estimate of drug-likeness (QED) is 0.896. The number of hydrogen-bond acceptors (Lipinski definition) is 2. The molecule has 0 radical (unpaired) electrons. The molecule has 0 heterocycles. The molecule has 0 aliphatic heterocycles. The molecule has 2 rings (SSSR count). The molecule has 2 aromatic carbocycles. The minimum atomic E-state index is -4.37. The Hall–Kier alpha value is -2.17. The molecule has 2 nitrogen and oxygen atoms in total. The number of rotatable bonds is 4. The largest absolute Gasteiger partial charge is 0.497 e. The first-order valence-corrected chi connectivity index (χ1v) is 6.03. The Balaban J connectivity index is 2.24. The van der Waals surface area contributed by atoms with E-state index in [0.29, 0.717) is 11.4 Å². The molecule has 1 N–H and O–H groups in total. The van der Waals surface area contributed by atoms with Gasteiger partial charge in [0.2, 0.25) is 0 Å². The third kappa shape index (κ3) is 3.44. The van der Waals surface area contributed by atoms with Gasteiger partial charge in [-0.15, -0.1) is 0 Å². The highest BCUT2D eigenvalue weighted by Gasteiger charge is 2.40. The summed E-state index contributed by atoms with van der Waals surface area (Å²) in [5.74, 6) is 0.596. The van der Waals surface area contributed by atoms with Crippen molar-refractivity contribution in [1.82, 2.24) is 0 Å². The van der Waals surface area contributed by atoms with Gasteiger partial charge in [0.25, 0.3) is 0 Å². The van der Waals surface area contributed by atoms with Crippen LogP contribution < -0.4 is 10.1 Å². The number of halogens is 3. The van der Waals surface area contributed by atoms with Crippen molar-refractivity contribution in [3.63, 3.8) is 0 Å². The standard InChI is InChI=1S/C15H14F3NO/c1-20-13-9-7-12(8-10-13)19-14(15(16,17)18)11-5-3-2-4-6-11/h2-10,14,19H,1H3/t14-/m1/s1. The molecule has 1 atom stereocenters. The Bertz CT molecular complexity index is 537. The normalized spacial score (nSPS) is 12.8. The number of hydrogen-bond donors (Lipinski definition) is 1. The maximum atomic E-state index is 13.1. The summed E-state index contributed by atoms with van der Waals surface area (Å²) in [5, 5.41) is 2.51. The van der Waals surface area contributed by atoms with Gasteiger partial charge in [-0.3, -0.25) is 0 Å². The van der Waals surface area contributed by atoms with Gasteiger partial charge in [-0.2, -0.15) is 13.2 Å². The molecule has 0 fully saturated rings. The van der Waals surface area contributed by atoms with Crippen molar-refractivity contribution >= 4 is 5.69 Å². The van der Waals surface area contributed by atoms with Crippen LogP contribution in [0.4, 0.5) is 18.9 Å². The van der Waals surface area contributed by atoms with Crippen LogP contribution in [0.15, 0.2) is 54.6 Å². The molecule has 2 aromatic rings. The van der Waals surface area contributed by atoms with Crippen LogP contribution in [0.25, 0.3) is 0 Å². The van der Waals surface area contributed by atoms with Gasteiger partial charge in [-0.25, -0.2) is 0 Å². The monoisotopic (exact) mass is 281 g/mol. The Morgan fingerprint density at radius 1 is 0.950 bits per heavy atom. The Labute approximate surface area is 115 Å². The van der Waals surface area contributed by atoms with E-state index in [1.165, 1.54) is 19.2 Å². The molecule has 0 spiro atoms. The molecule has 106 valence electrons. The van der Waals surface area contributed by atoms with Crippen molar-refractivity contribution in [2.24, 2.45) is 0 Å². The zero-order chi connectivity index (χ0) is 14.6. The van der Waals surface area contributed by atoms with E-state index in [4.69, 9.17) is 4.74 Å². The first-order chi connectivity index (χ1) is 9.50. The molecule has 0 saturated heterocycles. The molecule has 0 unspecified atom stereocenters. The molecule has 5 heteroatoms. The average Bonchev–Trinajstić information content (AvgIpc) is 2.45. The summed E-state index contributed by atoms with van der Waals surface area (Å²) in [5.41, 5.74) is 0.563. The molecule has 20 heavy (non-hydrogen) atoms. The number of benzene rings is 2. The van der Waals surface area contributed by atoms with Crippen molar-refractivity contribution in [2.75, 3.05) is 12.4 Å². The Morgan fingerprint density at radius 2 is 1.55 bits per heavy atom. The predicted molar refractivity (Wildman–Crippen MR) is 71.9 cm³/mol. The van der Waals surface area contributed by atoms with Crippen LogP contribution in [0.5, 0.6) is 5.75 Å². The third-order valence-electron chi connectivity index (χ3n) is 2.86. The van der Waals surface area contributed by atoms with Crippen LogP contribution >= 0.6 is 0 Å². The van der Waals surface area contributed by atoms with E-state index < -0.39 is 12.2 Å². The number of anilines is 1. The van der Waals surface area contributed by atoms with Gasteiger partial charge in [-0.05, 0) is 29.8 Å². The van der Waals surface area contributed by atoms with Gasteiger partial charge in [-0.1, -0.05) is 30.3 Å². The summed E-state index contributed by atoms with van der Waals surface area (Å²) in [4.78, 5) is 0. The lowest BCUT2D eigenvalue weighted by molar-refractivity contribution is -0.144. The molecular formula is C15H14F3NO. The van der Waals surface area contributed by atoms with Gasteiger partial charge in [0.1, 0.15) is 11.8 Å². The first-order valence-electron chi connectivity index (χ1n) is 6.03. The zero-order valence-electron chi connectivity index (χ0n) is 10.8. The van der Waals surface area contributed by atoms with Crippen molar-refractivity contribution in [1.29, 1.82) is 0 Å². The molecular weight excluding hydrogens is 267 g/mol. The minimum absolute atomic E-state index is 0.177. The van der Waals surface area contributed by atoms with E-state index in [2.05, 4.69) is 5.32 Å². The van der Waals surface area contributed by atoms with E-state index in [0.717, 1.165) is 0 Å². The molecule has 0 aromatic heterocycles. The molecule has 0 saturated carbocycles. The van der Waals surface area contributed by atoms with E-state index in [-0.39, 0.29) is 5.56 Å². The lowest BCUT2D eigenvalue weighted by Gasteiger charge is -2.23. The summed E-state index contributed by atoms with van der Waals surface area (Å²) in [6.45, 7) is 0. The van der Waals surface area contributed by atoms with Gasteiger partial charge in [0.05, 0.1) is 7.11 Å². The summed E-state index contributed by atoms with van der Waals surface area (Å²) in [7, 11) is 1.50. The number of alkyl halides is 3. The first kappa shape index (κ1) is 14.2. The van der Waals surface area contributed by atoms with Crippen molar-refractivity contribution < 1.29 is 17.9 Å². The van der Waals surface area contributed by atoms with Crippen LogP contribution in [-0.2, 0) is 0 Å². The Kier molecular flexibility index (Phi) is 4.17. The van der Waals surface area contributed by atoms with Crippen LogP contribution in [0.3, 0.4) is 0 Å². The fourth-order valence-electron chi connectivity index (χ4n) is 1.85. The van der Waals surface area contributed by atoms with Gasteiger partial charge in [0.15, 0.2) is 0 Å². The number of nitrogens with one attached hydrogen (secondary N) is 1. The van der Waals surface area contributed by atoms with Crippen LogP contribution in [0.1, 0.15) is 11.6 Å². The lowest BCUT2D eigenvalue weighted by Crippen LogP contribution is -2.27. The topological polar surface area (TPSA) is 21.3 Å². The Morgan fingerprint density at radius 3 is 2.05 bits per heavy atom. The summed E-state index contributed by atoms with van der Waals surface area (Å²) < 4.78 is 44.4. The van der Waals surface area contributed by atoms with E-state index in [9.17, 15) is 13.2 Å². The van der Waals surface area contributed by atoms with Gasteiger partial charge < -0.3 is 10.1 Å². The fourth-order valence-corrected chi connectivity index (χ4v) is 1.85. The molecule has 0 aliphatic carbocycles. The van der Waals surface area contributed by atoms with Gasteiger partial charge in [0, 0.05) is 5.69 Å². The summed E-state index contributed by atoms with van der Waals surface area (Å²) in [6.07, 6.45) is -4.37. The highest BCUT2D eigenvalue weighted by molar-refractivity contribution is 5.48. The highest BCUT2D eigenvalue weighted by atomic mass is 19.4. The second-order valence-corrected chi connectivity index (χ2v) is 4.26. The average molecular weight is 281 g/mol. The summed E-state index contributed by atoms with van der Waals surface area (Å²) >= 11 is 0. The maximum Gasteiger partial charge on any atom is 0.412 e. The van der Waals surface area contributed by atoms with Crippen LogP contribution in [-0.4, -0.2) is 13.3 Å². The number of methoxy groups -OCH3 is 1. The SMILES string of the molecule is COc1ccc(N[C@H](c2ccccc2)C(F)(F)F)cc1. The second-order valence-electron chi connectivity index (χ2n) is 4.26. The van der Waals surface area contributed by atoms with Gasteiger partial charge >= 0.3 is 6.18 Å². The van der Waals surface area contributed by atoms with E-state index in [1.807, 2.05) is 0 Å². The molecule has 0 bridgehead atoms. The van der Waals surface area contributed by atoms with Crippen LogP contribution in [0.2, 0.25) is 0 Å². The number of ether oxygens (including phenoxy) is 1. The second kappa shape index (κ2) is 5.86. The summed E-state index contributed by atoms with van der Waals surface area (Å²) in [6, 6.07) is 12.4. The van der Waals surface area contributed by atoms with Crippen molar-refractivity contribution in [2.45, 2.75) is 12.2 Å². The van der Waals surface area contributed by atoms with Crippen molar-refractivity contribution in [3.05, 3.63) is 60.2 Å². The lowest BCUT2D eigenvalue weighted by atomic mass is 10.1. The van der Waals surface area contributed by atoms with E-state index in [1.54, 1.807) is 42.5 Å². The molecule has 0 amide bonds. The maximum absolute atomic E-state index is 13.1. The smallest absolute Gasteiger partial charge is 0.412 e. The highest BCUT2D eigenvalue weighted by Crippen LogP contribution is 2.35. The van der Waals surface area contributed by atoms with E-state index >= 15 is 0 Å². The molecule has 0 aliphatic rings. The van der Waals surface area contributed by atoms with Crippen LogP contribution in [0, 0.1) is 0 Å². The van der Waals surface area contributed by atoms with Crippen molar-refractivity contribution in [3.8, 4) is 5.75 Å². The third-order valence-corrected chi connectivity index (χ3v) is 2.86. The minimum Gasteiger partial charge on any atom is -0.497 e.